The number of thiophene rings is 1. The van der Waals surface area contributed by atoms with E-state index in [0.29, 0.717) is 5.75 Å². The van der Waals surface area contributed by atoms with Crippen LogP contribution in [0, 0.1) is 0 Å². The van der Waals surface area contributed by atoms with Gasteiger partial charge in [-0.1, -0.05) is 53.9 Å². The van der Waals surface area contributed by atoms with E-state index in [4.69, 9.17) is 9.97 Å². The van der Waals surface area contributed by atoms with Crippen molar-refractivity contribution in [2.45, 2.75) is 23.1 Å². The first kappa shape index (κ1) is 18.0. The molecule has 3 aromatic rings. The molecule has 0 radical (unpaired) electrons. The van der Waals surface area contributed by atoms with E-state index in [9.17, 15) is 4.79 Å². The number of nitrogens with zero attached hydrogens (tertiary/aromatic N) is 2. The van der Waals surface area contributed by atoms with E-state index in [2.05, 4.69) is 7.05 Å². The number of fused-ring (bicyclic) bond motifs is 3. The summed E-state index contributed by atoms with van der Waals surface area (Å²) in [5, 5.41) is 2.92. The molecule has 134 valence electrons. The lowest BCUT2D eigenvalue weighted by atomic mass is 10.1. The van der Waals surface area contributed by atoms with Crippen LogP contribution in [0.2, 0.25) is 0 Å². The maximum atomic E-state index is 12.5. The van der Waals surface area contributed by atoms with Crippen LogP contribution in [0.15, 0.2) is 40.5 Å². The van der Waals surface area contributed by atoms with Gasteiger partial charge in [0.15, 0.2) is 10.9 Å². The van der Waals surface area contributed by atoms with E-state index >= 15 is 0 Å². The van der Waals surface area contributed by atoms with Crippen LogP contribution in [0.3, 0.4) is 0 Å². The summed E-state index contributed by atoms with van der Waals surface area (Å²) in [6.07, 6.45) is 3.06. The molecule has 0 amide bonds. The van der Waals surface area contributed by atoms with Crippen molar-refractivity contribution < 1.29 is 9.69 Å². The largest absolute Gasteiger partial charge is 0.333 e. The van der Waals surface area contributed by atoms with Gasteiger partial charge in [-0.15, -0.1) is 11.3 Å². The highest BCUT2D eigenvalue weighted by Crippen LogP contribution is 2.38. The van der Waals surface area contributed by atoms with E-state index in [1.165, 1.54) is 20.7 Å². The Morgan fingerprint density at radius 3 is 2.85 bits per heavy atom. The number of rotatable bonds is 5. The molecular formula is C19H20N3OS3+. The summed E-state index contributed by atoms with van der Waals surface area (Å²) < 4.78 is 0. The first-order valence-corrected chi connectivity index (χ1v) is 11.6. The van der Waals surface area contributed by atoms with Gasteiger partial charge in [-0.2, -0.15) is 0 Å². The number of nitrogens with one attached hydrogen (secondary N) is 1. The normalized spacial score (nSPS) is 16.6. The van der Waals surface area contributed by atoms with Crippen LogP contribution < -0.4 is 4.90 Å². The molecular weight excluding hydrogens is 382 g/mol. The van der Waals surface area contributed by atoms with Crippen LogP contribution >= 0.6 is 34.9 Å². The summed E-state index contributed by atoms with van der Waals surface area (Å²) in [5.74, 6) is 0.543. The molecule has 1 atom stereocenters. The lowest BCUT2D eigenvalue weighted by Crippen LogP contribution is -3.08. The molecule has 1 aliphatic rings. The van der Waals surface area contributed by atoms with E-state index in [1.807, 2.05) is 36.6 Å². The van der Waals surface area contributed by atoms with Crippen molar-refractivity contribution in [1.82, 2.24) is 9.97 Å². The van der Waals surface area contributed by atoms with Crippen molar-refractivity contribution in [3.63, 3.8) is 0 Å². The third-order valence-electron chi connectivity index (χ3n) is 4.56. The smallest absolute Gasteiger partial charge is 0.189 e. The number of carbonyl (C=O) groups excluding carboxylic acids is 1. The van der Waals surface area contributed by atoms with Crippen molar-refractivity contribution in [3.8, 4) is 0 Å². The molecule has 0 aliphatic carbocycles. The number of thioether (sulfide) groups is 2. The zero-order chi connectivity index (χ0) is 18.1. The minimum Gasteiger partial charge on any atom is -0.333 e. The molecule has 4 nitrogen and oxygen atoms in total. The Hall–Kier alpha value is -1.41. The fraction of sp³-hybridized carbons (Fsp3) is 0.316. The third kappa shape index (κ3) is 3.53. The number of Topliss-reactive ketones (excluding diaryl/α,β-unsaturated/α-hetero) is 1. The van der Waals surface area contributed by atoms with Crippen molar-refractivity contribution in [1.29, 1.82) is 0 Å². The van der Waals surface area contributed by atoms with Gasteiger partial charge in [0.1, 0.15) is 16.4 Å². The molecule has 0 saturated carbocycles. The Balaban J connectivity index is 1.68. The lowest BCUT2D eigenvalue weighted by molar-refractivity contribution is -0.895. The summed E-state index contributed by atoms with van der Waals surface area (Å²) in [5.41, 5.74) is 2.16. The molecule has 1 N–H and O–H groups in total. The predicted octanol–water partition coefficient (Wildman–Crippen LogP) is 2.96. The highest BCUT2D eigenvalue weighted by Gasteiger charge is 2.25. The third-order valence-corrected chi connectivity index (χ3v) is 7.21. The second-order valence-corrected chi connectivity index (χ2v) is 9.23. The number of hydrogen-bond acceptors (Lipinski definition) is 6. The van der Waals surface area contributed by atoms with Gasteiger partial charge in [0, 0.05) is 17.4 Å². The first-order valence-electron chi connectivity index (χ1n) is 8.54. The summed E-state index contributed by atoms with van der Waals surface area (Å²) in [4.78, 5) is 26.0. The van der Waals surface area contributed by atoms with E-state index in [0.717, 1.165) is 40.1 Å². The number of aromatic nitrogens is 2. The summed E-state index contributed by atoms with van der Waals surface area (Å²) >= 11 is 4.90. The monoisotopic (exact) mass is 402 g/mol. The summed E-state index contributed by atoms with van der Waals surface area (Å²) in [6, 6.07) is 9.48. The van der Waals surface area contributed by atoms with Gasteiger partial charge in [0.2, 0.25) is 0 Å². The predicted molar refractivity (Wildman–Crippen MR) is 110 cm³/mol. The van der Waals surface area contributed by atoms with E-state index in [-0.39, 0.29) is 5.78 Å². The molecule has 1 aliphatic heterocycles. The van der Waals surface area contributed by atoms with Crippen molar-refractivity contribution >= 4 is 50.9 Å². The zero-order valence-electron chi connectivity index (χ0n) is 14.7. The Kier molecular flexibility index (Phi) is 5.31. The number of hydrogen-bond donors (Lipinski definition) is 1. The Labute approximate surface area is 165 Å². The quantitative estimate of drug-likeness (QED) is 0.308. The second-order valence-electron chi connectivity index (χ2n) is 6.41. The average molecular weight is 403 g/mol. The molecule has 0 saturated heterocycles. The van der Waals surface area contributed by atoms with Crippen LogP contribution in [0.25, 0.3) is 10.2 Å². The number of quaternary nitrogens is 1. The highest BCUT2D eigenvalue weighted by molar-refractivity contribution is 8.00. The summed E-state index contributed by atoms with van der Waals surface area (Å²) in [7, 11) is 2.24. The first-order chi connectivity index (χ1) is 12.7. The van der Waals surface area contributed by atoms with Crippen molar-refractivity contribution in [2.75, 3.05) is 25.6 Å². The fourth-order valence-corrected chi connectivity index (χ4v) is 6.03. The van der Waals surface area contributed by atoms with Gasteiger partial charge < -0.3 is 4.90 Å². The van der Waals surface area contributed by atoms with Gasteiger partial charge in [-0.3, -0.25) is 4.79 Å². The number of carbonyl (C=O) groups is 1. The SMILES string of the molecule is CSc1nc(SCC(=O)c2ccccc2)c2c3c(sc2n1)C[NH+](C)CC3. The lowest BCUT2D eigenvalue weighted by Gasteiger charge is -2.19. The van der Waals surface area contributed by atoms with Gasteiger partial charge >= 0.3 is 0 Å². The zero-order valence-corrected chi connectivity index (χ0v) is 17.2. The minimum absolute atomic E-state index is 0.140. The van der Waals surface area contributed by atoms with Gasteiger partial charge in [0.25, 0.3) is 0 Å². The number of likely N-dealkylation sites (N-methyl/N-ethyl adjacent to an activating group) is 1. The van der Waals surface area contributed by atoms with Crippen molar-refractivity contribution in [3.05, 3.63) is 46.3 Å². The molecule has 4 rings (SSSR count). The van der Waals surface area contributed by atoms with Crippen LogP contribution in [-0.2, 0) is 13.0 Å². The molecule has 1 unspecified atom stereocenters. The second kappa shape index (κ2) is 7.68. The molecule has 26 heavy (non-hydrogen) atoms. The van der Waals surface area contributed by atoms with E-state index < -0.39 is 0 Å². The fourth-order valence-electron chi connectivity index (χ4n) is 3.20. The Bertz CT molecular complexity index is 956. The van der Waals surface area contributed by atoms with Gasteiger partial charge in [-0.05, 0) is 11.8 Å². The standard InChI is InChI=1S/C19H19N3OS3/c1-22-9-8-13-15(10-22)26-18-16(13)17(20-19(21-18)24-2)25-11-14(23)12-6-4-3-5-7-12/h3-7H,8-11H2,1-2H3/p+1. The molecule has 0 fully saturated rings. The molecule has 7 heteroatoms. The maximum Gasteiger partial charge on any atom is 0.189 e. The molecule has 1 aromatic carbocycles. The minimum atomic E-state index is 0.140. The van der Waals surface area contributed by atoms with Gasteiger partial charge in [-0.25, -0.2) is 9.97 Å². The Morgan fingerprint density at radius 1 is 1.27 bits per heavy atom. The summed E-state index contributed by atoms with van der Waals surface area (Å²) in [6.45, 7) is 2.19. The van der Waals surface area contributed by atoms with Crippen LogP contribution in [-0.4, -0.2) is 41.4 Å². The van der Waals surface area contributed by atoms with Crippen LogP contribution in [0.5, 0.6) is 0 Å². The topological polar surface area (TPSA) is 47.3 Å². The number of benzene rings is 1. The average Bonchev–Trinajstić information content (AvgIpc) is 3.03. The molecule has 0 spiro atoms. The van der Waals surface area contributed by atoms with Crippen LogP contribution in [0.4, 0.5) is 0 Å². The molecule has 3 heterocycles. The number of ketones is 1. The van der Waals surface area contributed by atoms with E-state index in [1.54, 1.807) is 34.9 Å². The van der Waals surface area contributed by atoms with Gasteiger partial charge in [0.05, 0.1) is 24.2 Å². The molecule has 0 bridgehead atoms. The maximum absolute atomic E-state index is 12.5. The molecule has 2 aromatic heterocycles. The highest BCUT2D eigenvalue weighted by atomic mass is 32.2. The Morgan fingerprint density at radius 2 is 2.08 bits per heavy atom. The van der Waals surface area contributed by atoms with Crippen molar-refractivity contribution in [2.24, 2.45) is 0 Å². The van der Waals surface area contributed by atoms with Crippen LogP contribution in [0.1, 0.15) is 20.8 Å².